The molecule has 0 amide bonds. The van der Waals surface area contributed by atoms with Crippen LogP contribution in [0.4, 0.5) is 0 Å². The summed E-state index contributed by atoms with van der Waals surface area (Å²) in [5.74, 6) is -0.903. The highest BCUT2D eigenvalue weighted by Crippen LogP contribution is 2.46. The molecule has 172 valence electrons. The highest BCUT2D eigenvalue weighted by atomic mass is 16.5. The summed E-state index contributed by atoms with van der Waals surface area (Å²) < 4.78 is 16.1. The van der Waals surface area contributed by atoms with Gasteiger partial charge in [0.05, 0.1) is 14.2 Å². The summed E-state index contributed by atoms with van der Waals surface area (Å²) in [6.07, 6.45) is 1.88. The summed E-state index contributed by atoms with van der Waals surface area (Å²) in [5, 5.41) is 13.3. The van der Waals surface area contributed by atoms with Crippen molar-refractivity contribution in [3.63, 3.8) is 0 Å². The third-order valence-corrected chi connectivity index (χ3v) is 6.14. The molecular formula is C26H27NO6. The Kier molecular flexibility index (Phi) is 6.40. The fraction of sp³-hybridized carbons (Fsp3) is 0.308. The van der Waals surface area contributed by atoms with Gasteiger partial charge in [-0.25, -0.2) is 0 Å². The average Bonchev–Trinajstić information content (AvgIpc) is 2.82. The maximum Gasteiger partial charge on any atom is 0.316 e. The normalized spacial score (nSPS) is 20.1. The van der Waals surface area contributed by atoms with Crippen LogP contribution in [0, 0.1) is 5.92 Å². The van der Waals surface area contributed by atoms with Gasteiger partial charge in [-0.05, 0) is 48.2 Å². The predicted octanol–water partition coefficient (Wildman–Crippen LogP) is 3.98. The van der Waals surface area contributed by atoms with Crippen molar-refractivity contribution in [2.75, 3.05) is 14.2 Å². The van der Waals surface area contributed by atoms with Crippen molar-refractivity contribution >= 4 is 11.8 Å². The number of carbonyl (C=O) groups excluding carboxylic acids is 2. The van der Waals surface area contributed by atoms with E-state index < -0.39 is 17.8 Å². The Labute approximate surface area is 192 Å². The van der Waals surface area contributed by atoms with Crippen LogP contribution in [0.2, 0.25) is 0 Å². The van der Waals surface area contributed by atoms with Crippen LogP contribution >= 0.6 is 0 Å². The SMILES string of the molecule is C=C1NC2=C(C(=O)CCC2)C(c2ccc(O)c(OC)c2)C1C(=O)OCc1ccc(OC)cc1. The fourth-order valence-corrected chi connectivity index (χ4v) is 4.48. The van der Waals surface area contributed by atoms with E-state index in [0.717, 1.165) is 17.7 Å². The average molecular weight is 450 g/mol. The Hall–Kier alpha value is -3.74. The lowest BCUT2D eigenvalue weighted by Crippen LogP contribution is -2.41. The van der Waals surface area contributed by atoms with Crippen molar-refractivity contribution in [2.45, 2.75) is 31.8 Å². The number of methoxy groups -OCH3 is 2. The van der Waals surface area contributed by atoms with Crippen LogP contribution in [0.1, 0.15) is 36.3 Å². The zero-order valence-electron chi connectivity index (χ0n) is 18.7. The highest BCUT2D eigenvalue weighted by Gasteiger charge is 2.44. The Morgan fingerprint density at radius 2 is 1.88 bits per heavy atom. The molecule has 7 nitrogen and oxygen atoms in total. The smallest absolute Gasteiger partial charge is 0.316 e. The maximum absolute atomic E-state index is 13.3. The van der Waals surface area contributed by atoms with E-state index in [4.69, 9.17) is 14.2 Å². The van der Waals surface area contributed by atoms with Gasteiger partial charge in [-0.1, -0.05) is 24.8 Å². The zero-order valence-corrected chi connectivity index (χ0v) is 18.7. The van der Waals surface area contributed by atoms with E-state index in [1.165, 1.54) is 13.2 Å². The molecule has 33 heavy (non-hydrogen) atoms. The first-order valence-electron chi connectivity index (χ1n) is 10.8. The summed E-state index contributed by atoms with van der Waals surface area (Å²) >= 11 is 0. The van der Waals surface area contributed by atoms with Gasteiger partial charge in [-0.15, -0.1) is 0 Å². The molecule has 1 aliphatic heterocycles. The van der Waals surface area contributed by atoms with Crippen molar-refractivity contribution in [2.24, 2.45) is 5.92 Å². The number of phenols is 1. The minimum Gasteiger partial charge on any atom is -0.504 e. The molecule has 2 aromatic rings. The second kappa shape index (κ2) is 9.40. The summed E-state index contributed by atoms with van der Waals surface area (Å²) in [6.45, 7) is 4.17. The lowest BCUT2D eigenvalue weighted by atomic mass is 9.71. The maximum atomic E-state index is 13.3. The number of rotatable bonds is 6. The molecule has 1 heterocycles. The molecule has 7 heteroatoms. The van der Waals surface area contributed by atoms with Crippen molar-refractivity contribution in [1.82, 2.24) is 5.32 Å². The highest BCUT2D eigenvalue weighted by molar-refractivity contribution is 6.00. The number of ether oxygens (including phenoxy) is 3. The zero-order chi connectivity index (χ0) is 23.5. The number of esters is 1. The summed E-state index contributed by atoms with van der Waals surface area (Å²) in [5.41, 5.74) is 3.36. The number of benzene rings is 2. The quantitative estimate of drug-likeness (QED) is 0.645. The van der Waals surface area contributed by atoms with Crippen LogP contribution in [0.25, 0.3) is 0 Å². The Morgan fingerprint density at radius 3 is 2.58 bits per heavy atom. The van der Waals surface area contributed by atoms with Crippen LogP contribution in [-0.2, 0) is 20.9 Å². The van der Waals surface area contributed by atoms with Gasteiger partial charge in [0.15, 0.2) is 17.3 Å². The molecule has 0 bridgehead atoms. The first-order valence-corrected chi connectivity index (χ1v) is 10.8. The van der Waals surface area contributed by atoms with E-state index in [9.17, 15) is 14.7 Å². The van der Waals surface area contributed by atoms with Crippen LogP contribution in [0.5, 0.6) is 17.2 Å². The molecule has 4 rings (SSSR count). The molecule has 0 fully saturated rings. The Balaban J connectivity index is 1.68. The lowest BCUT2D eigenvalue weighted by molar-refractivity contribution is -0.149. The van der Waals surface area contributed by atoms with Crippen LogP contribution in [0.3, 0.4) is 0 Å². The number of Topliss-reactive ketones (excluding diaryl/α,β-unsaturated/α-hetero) is 1. The van der Waals surface area contributed by atoms with E-state index in [0.29, 0.717) is 35.4 Å². The van der Waals surface area contributed by atoms with Gasteiger partial charge < -0.3 is 24.6 Å². The van der Waals surface area contributed by atoms with Gasteiger partial charge in [-0.3, -0.25) is 9.59 Å². The molecule has 0 spiro atoms. The van der Waals surface area contributed by atoms with Crippen LogP contribution < -0.4 is 14.8 Å². The summed E-state index contributed by atoms with van der Waals surface area (Å²) in [6, 6.07) is 12.1. The van der Waals surface area contributed by atoms with E-state index in [1.807, 2.05) is 12.1 Å². The monoisotopic (exact) mass is 449 g/mol. The molecule has 0 saturated carbocycles. The summed E-state index contributed by atoms with van der Waals surface area (Å²) in [7, 11) is 3.04. The van der Waals surface area contributed by atoms with Gasteiger partial charge in [0.1, 0.15) is 18.3 Å². The number of aromatic hydroxyl groups is 1. The predicted molar refractivity (Wildman–Crippen MR) is 122 cm³/mol. The second-order valence-corrected chi connectivity index (χ2v) is 8.16. The lowest BCUT2D eigenvalue weighted by Gasteiger charge is -2.38. The van der Waals surface area contributed by atoms with Crippen molar-refractivity contribution < 1.29 is 28.9 Å². The number of ketones is 1. The van der Waals surface area contributed by atoms with Crippen molar-refractivity contribution in [3.05, 3.63) is 77.1 Å². The van der Waals surface area contributed by atoms with Gasteiger partial charge in [0, 0.05) is 29.3 Å². The molecule has 0 radical (unpaired) electrons. The number of allylic oxidation sites excluding steroid dienone is 2. The second-order valence-electron chi connectivity index (χ2n) is 8.16. The Bertz CT molecular complexity index is 1120. The minimum absolute atomic E-state index is 0.00115. The number of hydrogen-bond donors (Lipinski definition) is 2. The van der Waals surface area contributed by atoms with Crippen molar-refractivity contribution in [3.8, 4) is 17.2 Å². The van der Waals surface area contributed by atoms with Gasteiger partial charge in [0.2, 0.25) is 0 Å². The van der Waals surface area contributed by atoms with Gasteiger partial charge in [-0.2, -0.15) is 0 Å². The van der Waals surface area contributed by atoms with E-state index in [2.05, 4.69) is 11.9 Å². The van der Waals surface area contributed by atoms with E-state index in [1.54, 1.807) is 31.4 Å². The molecular weight excluding hydrogens is 422 g/mol. The molecule has 2 aliphatic rings. The summed E-state index contributed by atoms with van der Waals surface area (Å²) in [4.78, 5) is 26.3. The van der Waals surface area contributed by atoms with Crippen molar-refractivity contribution in [1.29, 1.82) is 0 Å². The first-order chi connectivity index (χ1) is 15.9. The molecule has 2 unspecified atom stereocenters. The number of hydrogen-bond acceptors (Lipinski definition) is 7. The molecule has 2 aromatic carbocycles. The number of nitrogens with one attached hydrogen (secondary N) is 1. The van der Waals surface area contributed by atoms with Crippen LogP contribution in [0.15, 0.2) is 66.0 Å². The minimum atomic E-state index is -0.807. The number of carbonyl (C=O) groups is 2. The standard InChI is InChI=1S/C26H27NO6/c1-15-23(26(30)33-14-16-7-10-18(31-2)11-8-16)24(17-9-12-20(28)22(13-17)32-3)25-19(27-15)5-4-6-21(25)29/h7-13,23-24,27-28H,1,4-6,14H2,2-3H3. The van der Waals surface area contributed by atoms with E-state index >= 15 is 0 Å². The van der Waals surface area contributed by atoms with E-state index in [-0.39, 0.29) is 23.9 Å². The van der Waals surface area contributed by atoms with Crippen LogP contribution in [-0.4, -0.2) is 31.1 Å². The van der Waals surface area contributed by atoms with Gasteiger partial charge in [0.25, 0.3) is 0 Å². The molecule has 0 saturated heterocycles. The number of phenolic OH excluding ortho intramolecular Hbond substituents is 1. The third kappa shape index (κ3) is 4.44. The third-order valence-electron chi connectivity index (χ3n) is 6.14. The van der Waals surface area contributed by atoms with Gasteiger partial charge >= 0.3 is 5.97 Å². The molecule has 2 N–H and O–H groups in total. The fourth-order valence-electron chi connectivity index (χ4n) is 4.48. The molecule has 2 atom stereocenters. The largest absolute Gasteiger partial charge is 0.504 e. The Morgan fingerprint density at radius 1 is 1.12 bits per heavy atom. The topological polar surface area (TPSA) is 94.1 Å². The molecule has 1 aliphatic carbocycles. The first kappa shape index (κ1) is 22.5. The molecule has 0 aromatic heterocycles.